The van der Waals surface area contributed by atoms with Gasteiger partial charge in [0, 0.05) is 13.6 Å². The van der Waals surface area contributed by atoms with Crippen molar-refractivity contribution >= 4 is 17.8 Å². The number of aliphatic carboxylic acids is 2. The van der Waals surface area contributed by atoms with Gasteiger partial charge in [-0.2, -0.15) is 0 Å². The van der Waals surface area contributed by atoms with Crippen molar-refractivity contribution in [3.63, 3.8) is 0 Å². The minimum Gasteiger partial charge on any atom is -0.543 e. The Bertz CT molecular complexity index is 638. The van der Waals surface area contributed by atoms with Crippen LogP contribution in [0.2, 0.25) is 0 Å². The Morgan fingerprint density at radius 3 is 2.44 bits per heavy atom. The fraction of sp³-hybridized carbons (Fsp3) is 0.438. The first-order valence-corrected chi connectivity index (χ1v) is 7.40. The molecule has 138 valence electrons. The van der Waals surface area contributed by atoms with Crippen LogP contribution >= 0.6 is 0 Å². The number of hydrogen-bond acceptors (Lipinski definition) is 7. The van der Waals surface area contributed by atoms with Crippen LogP contribution in [0.5, 0.6) is 5.75 Å². The molecule has 0 fully saturated rings. The van der Waals surface area contributed by atoms with Gasteiger partial charge in [0.25, 0.3) is 5.91 Å². The molecule has 1 unspecified atom stereocenters. The predicted octanol–water partition coefficient (Wildman–Crippen LogP) is -1.90. The molecule has 1 aliphatic rings. The van der Waals surface area contributed by atoms with E-state index in [1.54, 1.807) is 11.9 Å². The average Bonchev–Trinajstić information content (AvgIpc) is 2.64. The Labute approximate surface area is 144 Å². The van der Waals surface area contributed by atoms with Crippen molar-refractivity contribution in [2.75, 3.05) is 34.2 Å². The number of benzene rings is 1. The molecule has 1 aromatic carbocycles. The molecular weight excluding hydrogens is 335 g/mol. The van der Waals surface area contributed by atoms with Crippen LogP contribution in [0.3, 0.4) is 0 Å². The highest BCUT2D eigenvalue weighted by Crippen LogP contribution is 2.26. The quantitative estimate of drug-likeness (QED) is 0.583. The van der Waals surface area contributed by atoms with Gasteiger partial charge in [-0.05, 0) is 38.7 Å². The third-order valence-electron chi connectivity index (χ3n) is 3.35. The minimum atomic E-state index is -2.19. The third kappa shape index (κ3) is 6.38. The Hall–Kier alpha value is -2.68. The maximum Gasteiger partial charge on any atom is 0.257 e. The van der Waals surface area contributed by atoms with E-state index >= 15 is 0 Å². The van der Waals surface area contributed by atoms with E-state index in [4.69, 9.17) is 24.5 Å². The zero-order valence-electron chi connectivity index (χ0n) is 14.2. The molecule has 1 aromatic rings. The first-order chi connectivity index (χ1) is 11.6. The van der Waals surface area contributed by atoms with E-state index in [1.807, 2.05) is 14.1 Å². The number of carbonyl (C=O) groups excluding carboxylic acids is 3. The first-order valence-electron chi connectivity index (χ1n) is 7.40. The van der Waals surface area contributed by atoms with Crippen LogP contribution in [-0.4, -0.2) is 68.0 Å². The lowest BCUT2D eigenvalue weighted by molar-refractivity contribution is -0.345. The second kappa shape index (κ2) is 8.97. The molecule has 0 radical (unpaired) electrons. The Balaban J connectivity index is 0.000000450. The van der Waals surface area contributed by atoms with Crippen LogP contribution in [-0.2, 0) is 9.59 Å². The molecular formula is C16H19FN2O6-2. The van der Waals surface area contributed by atoms with Gasteiger partial charge >= 0.3 is 0 Å². The number of amides is 1. The number of ether oxygens (including phenoxy) is 1. The number of fused-ring (bicyclic) bond motifs is 1. The van der Waals surface area contributed by atoms with Crippen molar-refractivity contribution in [1.29, 1.82) is 0 Å². The third-order valence-corrected chi connectivity index (χ3v) is 3.35. The van der Waals surface area contributed by atoms with Gasteiger partial charge in [-0.15, -0.1) is 0 Å². The van der Waals surface area contributed by atoms with E-state index in [0.29, 0.717) is 17.9 Å². The molecule has 0 saturated carbocycles. The molecule has 9 heteroatoms. The lowest BCUT2D eigenvalue weighted by Gasteiger charge is -2.22. The number of rotatable bonds is 3. The van der Waals surface area contributed by atoms with Crippen molar-refractivity contribution in [3.8, 4) is 5.75 Å². The lowest BCUT2D eigenvalue weighted by atomic mass is 10.2. The maximum absolute atomic E-state index is 13.2. The molecule has 0 bridgehead atoms. The van der Waals surface area contributed by atoms with E-state index in [2.05, 4.69) is 4.90 Å². The fourth-order valence-electron chi connectivity index (χ4n) is 2.14. The normalized spacial score (nSPS) is 16.3. The van der Waals surface area contributed by atoms with Gasteiger partial charge in [-0.1, -0.05) is 0 Å². The summed E-state index contributed by atoms with van der Waals surface area (Å²) in [4.78, 5) is 33.7. The summed E-state index contributed by atoms with van der Waals surface area (Å²) in [6.07, 6.45) is 0.754. The SMILES string of the molecule is CN(C)CCC1CN(C)C(=O)c2cc(F)ccc2O1.O=C([O-])C(=O)[O-]. The summed E-state index contributed by atoms with van der Waals surface area (Å²) in [7, 11) is 5.71. The predicted molar refractivity (Wildman–Crippen MR) is 81.0 cm³/mol. The molecule has 8 nitrogen and oxygen atoms in total. The van der Waals surface area contributed by atoms with Gasteiger partial charge in [0.15, 0.2) is 0 Å². The van der Waals surface area contributed by atoms with Crippen LogP contribution in [0.25, 0.3) is 0 Å². The largest absolute Gasteiger partial charge is 0.543 e. The minimum absolute atomic E-state index is 0.0666. The van der Waals surface area contributed by atoms with Crippen LogP contribution in [0.1, 0.15) is 16.8 Å². The van der Waals surface area contributed by atoms with Crippen molar-refractivity contribution in [1.82, 2.24) is 9.80 Å². The molecule has 0 aromatic heterocycles. The fourth-order valence-corrected chi connectivity index (χ4v) is 2.14. The molecule has 1 heterocycles. The number of carboxylic acid groups (broad SMARTS) is 2. The smallest absolute Gasteiger partial charge is 0.257 e. The van der Waals surface area contributed by atoms with Crippen LogP contribution in [0.15, 0.2) is 18.2 Å². The van der Waals surface area contributed by atoms with Gasteiger partial charge in [0.1, 0.15) is 17.7 Å². The number of carbonyl (C=O) groups is 3. The standard InChI is InChI=1S/C14H19FN2O2.C2H2O4/c1-16(2)7-6-11-9-17(3)14(18)12-8-10(15)4-5-13(12)19-11;3-1(4)2(5)6/h4-5,8,11H,6-7,9H2,1-3H3;(H,3,4)(H,5,6)/p-2. The Morgan fingerprint density at radius 1 is 1.32 bits per heavy atom. The number of hydrogen-bond donors (Lipinski definition) is 0. The van der Waals surface area contributed by atoms with E-state index in [9.17, 15) is 9.18 Å². The van der Waals surface area contributed by atoms with Gasteiger partial charge < -0.3 is 34.3 Å². The van der Waals surface area contributed by atoms with E-state index in [-0.39, 0.29) is 12.0 Å². The summed E-state index contributed by atoms with van der Waals surface area (Å²) < 4.78 is 19.1. The van der Waals surface area contributed by atoms with Crippen molar-refractivity contribution in [3.05, 3.63) is 29.6 Å². The van der Waals surface area contributed by atoms with Crippen LogP contribution < -0.4 is 14.9 Å². The molecule has 25 heavy (non-hydrogen) atoms. The van der Waals surface area contributed by atoms with Crippen LogP contribution in [0, 0.1) is 5.82 Å². The molecule has 0 spiro atoms. The Morgan fingerprint density at radius 2 is 1.92 bits per heavy atom. The molecule has 0 saturated heterocycles. The van der Waals surface area contributed by atoms with Gasteiger partial charge in [0.05, 0.1) is 24.0 Å². The Kier molecular flexibility index (Phi) is 7.31. The maximum atomic E-state index is 13.2. The van der Waals surface area contributed by atoms with Crippen molar-refractivity contribution < 1.29 is 33.7 Å². The molecule has 1 amide bonds. The first kappa shape index (κ1) is 20.4. The van der Waals surface area contributed by atoms with E-state index in [1.165, 1.54) is 18.2 Å². The number of carboxylic acids is 2. The molecule has 0 N–H and O–H groups in total. The zero-order valence-corrected chi connectivity index (χ0v) is 14.2. The second-order valence-corrected chi connectivity index (χ2v) is 5.73. The number of halogens is 1. The summed E-state index contributed by atoms with van der Waals surface area (Å²) in [5.41, 5.74) is 0.301. The van der Waals surface area contributed by atoms with Gasteiger partial charge in [-0.25, -0.2) is 4.39 Å². The van der Waals surface area contributed by atoms with E-state index in [0.717, 1.165) is 13.0 Å². The number of likely N-dealkylation sites (N-methyl/N-ethyl adjacent to an activating group) is 1. The summed E-state index contributed by atoms with van der Waals surface area (Å²) in [6, 6.07) is 4.09. The summed E-state index contributed by atoms with van der Waals surface area (Å²) in [5.74, 6) is -4.51. The highest BCUT2D eigenvalue weighted by Gasteiger charge is 2.26. The van der Waals surface area contributed by atoms with Crippen molar-refractivity contribution in [2.45, 2.75) is 12.5 Å². The molecule has 1 atom stereocenters. The second-order valence-electron chi connectivity index (χ2n) is 5.73. The number of nitrogens with zero attached hydrogens (tertiary/aromatic N) is 2. The summed E-state index contributed by atoms with van der Waals surface area (Å²) in [6.45, 7) is 1.40. The van der Waals surface area contributed by atoms with Gasteiger partial charge in [-0.3, -0.25) is 4.79 Å². The summed E-state index contributed by atoms with van der Waals surface area (Å²) in [5, 5.41) is 17.9. The average molecular weight is 354 g/mol. The summed E-state index contributed by atoms with van der Waals surface area (Å²) >= 11 is 0. The van der Waals surface area contributed by atoms with Gasteiger partial charge in [0.2, 0.25) is 0 Å². The monoisotopic (exact) mass is 354 g/mol. The zero-order chi connectivity index (χ0) is 19.1. The topological polar surface area (TPSA) is 113 Å². The van der Waals surface area contributed by atoms with Crippen molar-refractivity contribution in [2.24, 2.45) is 0 Å². The highest BCUT2D eigenvalue weighted by atomic mass is 19.1. The molecule has 0 aliphatic carbocycles. The molecule has 1 aliphatic heterocycles. The van der Waals surface area contributed by atoms with Crippen LogP contribution in [0.4, 0.5) is 4.39 Å². The highest BCUT2D eigenvalue weighted by molar-refractivity contribution is 6.25. The van der Waals surface area contributed by atoms with E-state index < -0.39 is 17.8 Å². The molecule has 2 rings (SSSR count). The lowest BCUT2D eigenvalue weighted by Crippen LogP contribution is -2.42.